The summed E-state index contributed by atoms with van der Waals surface area (Å²) in [5, 5.41) is 2.98. The van der Waals surface area contributed by atoms with E-state index in [-0.39, 0.29) is 12.0 Å². The van der Waals surface area contributed by atoms with Crippen molar-refractivity contribution in [3.05, 3.63) is 36.4 Å². The van der Waals surface area contributed by atoms with Crippen LogP contribution in [0.15, 0.2) is 30.7 Å². The summed E-state index contributed by atoms with van der Waals surface area (Å²) >= 11 is 0. The summed E-state index contributed by atoms with van der Waals surface area (Å²) in [5.74, 6) is 0.688. The van der Waals surface area contributed by atoms with Crippen molar-refractivity contribution >= 4 is 11.9 Å². The van der Waals surface area contributed by atoms with Gasteiger partial charge in [-0.1, -0.05) is 0 Å². The van der Waals surface area contributed by atoms with Crippen LogP contribution in [0, 0.1) is 0 Å². The average Bonchev–Trinajstić information content (AvgIpc) is 3.15. The van der Waals surface area contributed by atoms with E-state index in [2.05, 4.69) is 20.3 Å². The highest BCUT2D eigenvalue weighted by Gasteiger charge is 2.19. The Morgan fingerprint density at radius 2 is 2.15 bits per heavy atom. The lowest BCUT2D eigenvalue weighted by atomic mass is 10.1. The average molecular weight is 355 g/mol. The topological polar surface area (TPSA) is 80.2 Å². The van der Waals surface area contributed by atoms with E-state index in [0.717, 1.165) is 36.3 Å². The molecular weight excluding hydrogens is 330 g/mol. The van der Waals surface area contributed by atoms with Gasteiger partial charge >= 0.3 is 0 Å². The maximum absolute atomic E-state index is 12.1. The normalized spacial score (nSPS) is 16.5. The summed E-state index contributed by atoms with van der Waals surface area (Å²) in [6.07, 6.45) is 8.49. The number of rotatable bonds is 7. The summed E-state index contributed by atoms with van der Waals surface area (Å²) in [6, 6.07) is 3.88. The van der Waals surface area contributed by atoms with Crippen LogP contribution in [0.2, 0.25) is 0 Å². The van der Waals surface area contributed by atoms with Crippen LogP contribution >= 0.6 is 0 Å². The Hall–Kier alpha value is -2.54. The van der Waals surface area contributed by atoms with Gasteiger partial charge in [-0.2, -0.15) is 0 Å². The Kier molecular flexibility index (Phi) is 6.12. The molecule has 1 aliphatic heterocycles. The molecule has 1 N–H and O–H groups in total. The van der Waals surface area contributed by atoms with E-state index in [9.17, 15) is 4.79 Å². The minimum absolute atomic E-state index is 0.0317. The van der Waals surface area contributed by atoms with Crippen LogP contribution in [0.4, 0.5) is 5.95 Å². The Morgan fingerprint density at radius 1 is 1.35 bits per heavy atom. The number of pyridine rings is 1. The predicted octanol–water partition coefficient (Wildman–Crippen LogP) is 1.83. The fourth-order valence-electron chi connectivity index (χ4n) is 2.99. The maximum Gasteiger partial charge on any atom is 0.225 e. The number of nitrogens with zero attached hydrogens (tertiary/aromatic N) is 4. The zero-order valence-electron chi connectivity index (χ0n) is 15.3. The number of nitrogens with one attached hydrogen (secondary N) is 1. The van der Waals surface area contributed by atoms with Crippen molar-refractivity contribution in [2.45, 2.75) is 31.8 Å². The van der Waals surface area contributed by atoms with E-state index in [1.54, 1.807) is 12.4 Å². The standard InChI is InChI=1S/C19H25N5O2/c1-24(2)19-22-13-16(14-5-8-20-9-6-14)17(23-19)7-10-21-18(25)12-15-4-3-11-26-15/h5-6,8-9,13,15H,3-4,7,10-12H2,1-2H3,(H,21,25)/t15-/m1/s1. The highest BCUT2D eigenvalue weighted by molar-refractivity contribution is 5.76. The number of ether oxygens (including phenoxy) is 1. The van der Waals surface area contributed by atoms with Crippen LogP contribution < -0.4 is 10.2 Å². The van der Waals surface area contributed by atoms with E-state index < -0.39 is 0 Å². The molecule has 1 fully saturated rings. The van der Waals surface area contributed by atoms with Gasteiger partial charge in [-0.3, -0.25) is 9.78 Å². The molecule has 26 heavy (non-hydrogen) atoms. The second kappa shape index (κ2) is 8.71. The lowest BCUT2D eigenvalue weighted by molar-refractivity contribution is -0.123. The van der Waals surface area contributed by atoms with Crippen molar-refractivity contribution in [2.75, 3.05) is 32.1 Å². The first-order valence-electron chi connectivity index (χ1n) is 8.95. The number of amides is 1. The summed E-state index contributed by atoms with van der Waals surface area (Å²) in [5.41, 5.74) is 2.89. The van der Waals surface area contributed by atoms with E-state index >= 15 is 0 Å². The van der Waals surface area contributed by atoms with Gasteiger partial charge < -0.3 is 15.0 Å². The lowest BCUT2D eigenvalue weighted by Crippen LogP contribution is -2.29. The van der Waals surface area contributed by atoms with Gasteiger partial charge in [0.25, 0.3) is 0 Å². The second-order valence-electron chi connectivity index (χ2n) is 6.60. The van der Waals surface area contributed by atoms with Crippen molar-refractivity contribution in [3.8, 4) is 11.1 Å². The van der Waals surface area contributed by atoms with E-state index in [1.165, 1.54) is 0 Å². The number of carbonyl (C=O) groups is 1. The van der Waals surface area contributed by atoms with E-state index in [1.807, 2.05) is 37.3 Å². The molecule has 0 radical (unpaired) electrons. The van der Waals surface area contributed by atoms with Gasteiger partial charge in [0.15, 0.2) is 0 Å². The molecule has 138 valence electrons. The summed E-state index contributed by atoms with van der Waals surface area (Å²) in [4.78, 5) is 27.1. The van der Waals surface area contributed by atoms with Crippen molar-refractivity contribution in [3.63, 3.8) is 0 Å². The molecule has 1 aliphatic rings. The third-order valence-electron chi connectivity index (χ3n) is 4.37. The Morgan fingerprint density at radius 3 is 2.85 bits per heavy atom. The lowest BCUT2D eigenvalue weighted by Gasteiger charge is -2.15. The van der Waals surface area contributed by atoms with Crippen LogP contribution in [0.25, 0.3) is 11.1 Å². The van der Waals surface area contributed by atoms with Crippen molar-refractivity contribution in [1.29, 1.82) is 0 Å². The predicted molar refractivity (Wildman–Crippen MR) is 99.9 cm³/mol. The van der Waals surface area contributed by atoms with Crippen molar-refractivity contribution in [2.24, 2.45) is 0 Å². The smallest absolute Gasteiger partial charge is 0.225 e. The largest absolute Gasteiger partial charge is 0.378 e. The molecule has 0 aliphatic carbocycles. The van der Waals surface area contributed by atoms with Gasteiger partial charge in [-0.25, -0.2) is 9.97 Å². The summed E-state index contributed by atoms with van der Waals surface area (Å²) < 4.78 is 5.51. The molecule has 0 bridgehead atoms. The van der Waals surface area contributed by atoms with Crippen LogP contribution in [0.3, 0.4) is 0 Å². The molecule has 3 heterocycles. The molecule has 0 spiro atoms. The monoisotopic (exact) mass is 355 g/mol. The first-order chi connectivity index (χ1) is 12.6. The maximum atomic E-state index is 12.1. The third kappa shape index (κ3) is 4.76. The molecule has 0 saturated carbocycles. The van der Waals surface area contributed by atoms with Gasteiger partial charge in [-0.05, 0) is 30.5 Å². The number of hydrogen-bond acceptors (Lipinski definition) is 6. The quantitative estimate of drug-likeness (QED) is 0.816. The number of anilines is 1. The first kappa shape index (κ1) is 18.3. The molecule has 7 nitrogen and oxygen atoms in total. The zero-order valence-corrected chi connectivity index (χ0v) is 15.3. The summed E-state index contributed by atoms with van der Waals surface area (Å²) in [6.45, 7) is 1.30. The second-order valence-corrected chi connectivity index (χ2v) is 6.60. The van der Waals surface area contributed by atoms with Crippen LogP contribution in [-0.2, 0) is 16.0 Å². The van der Waals surface area contributed by atoms with Crippen molar-refractivity contribution < 1.29 is 9.53 Å². The number of hydrogen-bond donors (Lipinski definition) is 1. The van der Waals surface area contributed by atoms with E-state index in [4.69, 9.17) is 4.74 Å². The summed E-state index contributed by atoms with van der Waals surface area (Å²) in [7, 11) is 3.82. The Bertz CT molecular complexity index is 730. The molecule has 1 saturated heterocycles. The van der Waals surface area contributed by atoms with Gasteiger partial charge in [0.1, 0.15) is 0 Å². The molecule has 7 heteroatoms. The van der Waals surface area contributed by atoms with Crippen LogP contribution in [-0.4, -0.2) is 54.2 Å². The molecule has 0 aromatic carbocycles. The molecule has 1 atom stereocenters. The molecule has 1 amide bonds. The minimum Gasteiger partial charge on any atom is -0.378 e. The van der Waals surface area contributed by atoms with E-state index in [0.29, 0.717) is 25.3 Å². The van der Waals surface area contributed by atoms with Gasteiger partial charge in [0.05, 0.1) is 18.2 Å². The van der Waals surface area contributed by atoms with Crippen LogP contribution in [0.1, 0.15) is 25.0 Å². The van der Waals surface area contributed by atoms with Crippen LogP contribution in [0.5, 0.6) is 0 Å². The first-order valence-corrected chi connectivity index (χ1v) is 8.95. The Labute approximate surface area is 153 Å². The fourth-order valence-corrected chi connectivity index (χ4v) is 2.99. The van der Waals surface area contributed by atoms with Crippen molar-refractivity contribution in [1.82, 2.24) is 20.3 Å². The third-order valence-corrected chi connectivity index (χ3v) is 4.37. The molecule has 0 unspecified atom stereocenters. The molecule has 2 aromatic rings. The Balaban J connectivity index is 1.66. The van der Waals surface area contributed by atoms with Gasteiger partial charge in [-0.15, -0.1) is 0 Å². The zero-order chi connectivity index (χ0) is 18.4. The highest BCUT2D eigenvalue weighted by atomic mass is 16.5. The minimum atomic E-state index is 0.0317. The number of aromatic nitrogens is 3. The fraction of sp³-hybridized carbons (Fsp3) is 0.474. The molecule has 3 rings (SSSR count). The number of carbonyl (C=O) groups excluding carboxylic acids is 1. The molecular formula is C19H25N5O2. The highest BCUT2D eigenvalue weighted by Crippen LogP contribution is 2.23. The SMILES string of the molecule is CN(C)c1ncc(-c2ccncc2)c(CCNC(=O)C[C@H]2CCCO2)n1. The molecule has 2 aromatic heterocycles. The van der Waals surface area contributed by atoms with Gasteiger partial charge in [0.2, 0.25) is 11.9 Å². The van der Waals surface area contributed by atoms with Gasteiger partial charge in [0, 0.05) is 57.8 Å².